The van der Waals surface area contributed by atoms with E-state index in [0.717, 1.165) is 5.56 Å². The highest BCUT2D eigenvalue weighted by atomic mass is 16.5. The maximum atomic E-state index is 11.9. The fourth-order valence-corrected chi connectivity index (χ4v) is 1.69. The molecule has 0 saturated heterocycles. The smallest absolute Gasteiger partial charge is 0.254 e. The predicted molar refractivity (Wildman–Crippen MR) is 67.4 cm³/mol. The summed E-state index contributed by atoms with van der Waals surface area (Å²) in [5, 5.41) is 0. The molecule has 17 heavy (non-hydrogen) atoms. The molecule has 2 rings (SSSR count). The van der Waals surface area contributed by atoms with E-state index >= 15 is 0 Å². The average molecular weight is 231 g/mol. The van der Waals surface area contributed by atoms with Gasteiger partial charge < -0.3 is 4.74 Å². The molecule has 90 valence electrons. The lowest BCUT2D eigenvalue weighted by Crippen LogP contribution is -2.17. The molecular formula is C14H17NO2. The zero-order valence-electron chi connectivity index (χ0n) is 10.5. The van der Waals surface area contributed by atoms with Crippen LogP contribution >= 0.6 is 0 Å². The molecule has 3 nitrogen and oxygen atoms in total. The molecule has 0 N–H and O–H groups in total. The number of ether oxygens (including phenoxy) is 1. The Bertz CT molecular complexity index is 458. The Kier molecular flexibility index (Phi) is 3.01. The lowest BCUT2D eigenvalue weighted by Gasteiger charge is -2.07. The van der Waals surface area contributed by atoms with Crippen LogP contribution in [-0.2, 0) is 16.0 Å². The van der Waals surface area contributed by atoms with Gasteiger partial charge >= 0.3 is 0 Å². The number of carbonyl (C=O) groups is 1. The van der Waals surface area contributed by atoms with Gasteiger partial charge in [0.25, 0.3) is 5.90 Å². The van der Waals surface area contributed by atoms with Gasteiger partial charge in [-0.05, 0) is 26.3 Å². The van der Waals surface area contributed by atoms with E-state index in [1.165, 1.54) is 5.56 Å². The molecule has 0 spiro atoms. The van der Waals surface area contributed by atoms with Crippen LogP contribution in [0.15, 0.2) is 29.3 Å². The van der Waals surface area contributed by atoms with E-state index in [-0.39, 0.29) is 17.2 Å². The fourth-order valence-electron chi connectivity index (χ4n) is 1.69. The molecular weight excluding hydrogens is 214 g/mol. The highest BCUT2D eigenvalue weighted by Crippen LogP contribution is 2.18. The van der Waals surface area contributed by atoms with Crippen LogP contribution < -0.4 is 0 Å². The van der Waals surface area contributed by atoms with Gasteiger partial charge in [-0.1, -0.05) is 29.8 Å². The van der Waals surface area contributed by atoms with Gasteiger partial charge in [0.05, 0.1) is 5.54 Å². The summed E-state index contributed by atoms with van der Waals surface area (Å²) in [6, 6.07) is 7.94. The minimum absolute atomic E-state index is 0.0422. The Labute approximate surface area is 102 Å². The van der Waals surface area contributed by atoms with Crippen LogP contribution in [-0.4, -0.2) is 23.8 Å². The Morgan fingerprint density at radius 2 is 2.00 bits per heavy atom. The van der Waals surface area contributed by atoms with Gasteiger partial charge in [0.1, 0.15) is 6.61 Å². The average Bonchev–Trinajstić information content (AvgIpc) is 2.62. The highest BCUT2D eigenvalue weighted by molar-refractivity contribution is 6.37. The van der Waals surface area contributed by atoms with E-state index in [1.54, 1.807) is 0 Å². The maximum Gasteiger partial charge on any atom is 0.254 e. The van der Waals surface area contributed by atoms with Gasteiger partial charge in [-0.3, -0.25) is 4.79 Å². The van der Waals surface area contributed by atoms with Crippen molar-refractivity contribution in [2.45, 2.75) is 32.7 Å². The zero-order valence-corrected chi connectivity index (χ0v) is 10.5. The van der Waals surface area contributed by atoms with Crippen LogP contribution in [0.4, 0.5) is 0 Å². The van der Waals surface area contributed by atoms with E-state index in [4.69, 9.17) is 4.74 Å². The molecule has 0 fully saturated rings. The number of hydrogen-bond acceptors (Lipinski definition) is 3. The molecule has 1 aliphatic heterocycles. The van der Waals surface area contributed by atoms with Crippen molar-refractivity contribution in [1.29, 1.82) is 0 Å². The van der Waals surface area contributed by atoms with E-state index in [1.807, 2.05) is 45.0 Å². The summed E-state index contributed by atoms with van der Waals surface area (Å²) in [5.41, 5.74) is 1.92. The molecule has 0 saturated carbocycles. The van der Waals surface area contributed by atoms with Gasteiger partial charge in [0, 0.05) is 6.42 Å². The number of Topliss-reactive ketones (excluding diaryl/α,β-unsaturated/α-hetero) is 1. The molecule has 0 unspecified atom stereocenters. The van der Waals surface area contributed by atoms with Crippen LogP contribution in [0, 0.1) is 6.92 Å². The molecule has 1 aromatic carbocycles. The Hall–Kier alpha value is -1.64. The number of aliphatic imine (C=N–C) groups is 1. The molecule has 1 aliphatic rings. The molecule has 0 aliphatic carbocycles. The number of rotatable bonds is 3. The van der Waals surface area contributed by atoms with Crippen molar-refractivity contribution < 1.29 is 9.53 Å². The van der Waals surface area contributed by atoms with Gasteiger partial charge in [-0.25, -0.2) is 4.99 Å². The van der Waals surface area contributed by atoms with Crippen LogP contribution in [0.25, 0.3) is 0 Å². The summed E-state index contributed by atoms with van der Waals surface area (Å²) < 4.78 is 5.33. The topological polar surface area (TPSA) is 38.7 Å². The standard InChI is InChI=1S/C14H17NO2/c1-10-4-6-11(7-5-10)8-12(16)13-15-14(2,3)9-17-13/h4-7H,8-9H2,1-3H3. The summed E-state index contributed by atoms with van der Waals surface area (Å²) in [6.07, 6.45) is 0.356. The van der Waals surface area contributed by atoms with E-state index < -0.39 is 0 Å². The number of aryl methyl sites for hydroxylation is 1. The lowest BCUT2D eigenvalue weighted by atomic mass is 10.1. The molecule has 0 atom stereocenters. The van der Waals surface area contributed by atoms with Crippen LogP contribution in [0.2, 0.25) is 0 Å². The normalized spacial score (nSPS) is 17.5. The van der Waals surface area contributed by atoms with Crippen LogP contribution in [0.1, 0.15) is 25.0 Å². The summed E-state index contributed by atoms with van der Waals surface area (Å²) in [6.45, 7) is 6.43. The SMILES string of the molecule is Cc1ccc(CC(=O)C2=NC(C)(C)CO2)cc1. The quantitative estimate of drug-likeness (QED) is 0.800. The van der Waals surface area contributed by atoms with Gasteiger partial charge in [0.15, 0.2) is 0 Å². The van der Waals surface area contributed by atoms with E-state index in [0.29, 0.717) is 13.0 Å². The third-order valence-corrected chi connectivity index (χ3v) is 2.69. The molecule has 0 aromatic heterocycles. The predicted octanol–water partition coefficient (Wildman–Crippen LogP) is 2.31. The van der Waals surface area contributed by atoms with Gasteiger partial charge in [-0.2, -0.15) is 0 Å². The first-order chi connectivity index (χ1) is 7.96. The number of benzene rings is 1. The molecule has 1 heterocycles. The van der Waals surface area contributed by atoms with Crippen LogP contribution in [0.5, 0.6) is 0 Å². The number of nitrogens with zero attached hydrogens (tertiary/aromatic N) is 1. The van der Waals surface area contributed by atoms with Crippen molar-refractivity contribution >= 4 is 11.7 Å². The van der Waals surface area contributed by atoms with Crippen molar-refractivity contribution in [3.63, 3.8) is 0 Å². The highest BCUT2D eigenvalue weighted by Gasteiger charge is 2.29. The Morgan fingerprint density at radius 3 is 2.53 bits per heavy atom. The minimum Gasteiger partial charge on any atom is -0.473 e. The zero-order chi connectivity index (χ0) is 12.5. The fraction of sp³-hybridized carbons (Fsp3) is 0.429. The summed E-state index contributed by atoms with van der Waals surface area (Å²) in [4.78, 5) is 16.2. The Balaban J connectivity index is 2.05. The first kappa shape index (κ1) is 11.8. The summed E-state index contributed by atoms with van der Waals surface area (Å²) in [5.74, 6) is 0.231. The Morgan fingerprint density at radius 1 is 1.35 bits per heavy atom. The number of carbonyl (C=O) groups excluding carboxylic acids is 1. The lowest BCUT2D eigenvalue weighted by molar-refractivity contribution is -0.113. The molecule has 3 heteroatoms. The molecule has 0 amide bonds. The van der Waals surface area contributed by atoms with E-state index in [9.17, 15) is 4.79 Å². The largest absolute Gasteiger partial charge is 0.473 e. The molecule has 0 bridgehead atoms. The van der Waals surface area contributed by atoms with Gasteiger partial charge in [0.2, 0.25) is 5.78 Å². The van der Waals surface area contributed by atoms with Gasteiger partial charge in [-0.15, -0.1) is 0 Å². The molecule has 1 aromatic rings. The van der Waals surface area contributed by atoms with Crippen molar-refractivity contribution in [2.24, 2.45) is 4.99 Å². The van der Waals surface area contributed by atoms with E-state index in [2.05, 4.69) is 4.99 Å². The third kappa shape index (κ3) is 2.93. The first-order valence-electron chi connectivity index (χ1n) is 5.78. The van der Waals surface area contributed by atoms with Crippen molar-refractivity contribution in [3.8, 4) is 0 Å². The minimum atomic E-state index is -0.266. The van der Waals surface area contributed by atoms with Crippen molar-refractivity contribution in [1.82, 2.24) is 0 Å². The number of ketones is 1. The maximum absolute atomic E-state index is 11.9. The second-order valence-electron chi connectivity index (χ2n) is 5.10. The van der Waals surface area contributed by atoms with Crippen molar-refractivity contribution in [2.75, 3.05) is 6.61 Å². The summed E-state index contributed by atoms with van der Waals surface area (Å²) >= 11 is 0. The second kappa shape index (κ2) is 4.32. The summed E-state index contributed by atoms with van der Waals surface area (Å²) in [7, 11) is 0. The van der Waals surface area contributed by atoms with Crippen molar-refractivity contribution in [3.05, 3.63) is 35.4 Å². The number of hydrogen-bond donors (Lipinski definition) is 0. The molecule has 0 radical (unpaired) electrons. The monoisotopic (exact) mass is 231 g/mol. The second-order valence-corrected chi connectivity index (χ2v) is 5.10. The van der Waals surface area contributed by atoms with Crippen LogP contribution in [0.3, 0.4) is 0 Å². The first-order valence-corrected chi connectivity index (χ1v) is 5.78. The third-order valence-electron chi connectivity index (χ3n) is 2.69.